The van der Waals surface area contributed by atoms with Gasteiger partial charge in [-0.05, 0) is 6.07 Å². The molecule has 2 heterocycles. The molecule has 0 saturated carbocycles. The van der Waals surface area contributed by atoms with Gasteiger partial charge in [0.25, 0.3) is 0 Å². The third kappa shape index (κ3) is 1.23. The molecule has 1 aromatic carbocycles. The van der Waals surface area contributed by atoms with Gasteiger partial charge in [0.2, 0.25) is 5.95 Å². The minimum absolute atomic E-state index is 0.176. The van der Waals surface area contributed by atoms with Crippen molar-refractivity contribution < 1.29 is 4.74 Å². The molecule has 0 saturated heterocycles. The van der Waals surface area contributed by atoms with Crippen molar-refractivity contribution in [2.75, 3.05) is 18.1 Å². The van der Waals surface area contributed by atoms with E-state index < -0.39 is 0 Å². The normalized spacial score (nSPS) is 13.8. The fraction of sp³-hybridized carbons (Fsp3) is 0.200. The number of benzene rings is 1. The average molecular weight is 281 g/mol. The molecule has 0 fully saturated rings. The molecule has 3 rings (SSSR count). The van der Waals surface area contributed by atoms with Gasteiger partial charge in [-0.25, -0.2) is 4.98 Å². The first kappa shape index (κ1) is 9.65. The van der Waals surface area contributed by atoms with E-state index in [0.29, 0.717) is 17.9 Å². The largest absolute Gasteiger partial charge is 0.492 e. The zero-order valence-corrected chi connectivity index (χ0v) is 9.91. The Kier molecular flexibility index (Phi) is 1.94. The van der Waals surface area contributed by atoms with Gasteiger partial charge < -0.3 is 16.2 Å². The summed E-state index contributed by atoms with van der Waals surface area (Å²) in [4.78, 5) is 8.11. The lowest BCUT2D eigenvalue weighted by Crippen LogP contribution is -2.01. The Morgan fingerprint density at radius 2 is 2.12 bits per heavy atom. The van der Waals surface area contributed by atoms with Crippen LogP contribution >= 0.6 is 15.9 Å². The smallest absolute Gasteiger partial charge is 0.222 e. The topological polar surface area (TPSA) is 87.0 Å². The molecule has 4 N–H and O–H groups in total. The number of anilines is 2. The van der Waals surface area contributed by atoms with Gasteiger partial charge in [-0.1, -0.05) is 15.9 Å². The van der Waals surface area contributed by atoms with Crippen molar-refractivity contribution in [2.45, 2.75) is 6.42 Å². The van der Waals surface area contributed by atoms with E-state index >= 15 is 0 Å². The quantitative estimate of drug-likeness (QED) is 0.764. The molecule has 0 amide bonds. The Bertz CT molecular complexity index is 599. The molecular formula is C10H9BrN4O. The molecule has 0 radical (unpaired) electrons. The van der Waals surface area contributed by atoms with E-state index in [1.807, 2.05) is 6.07 Å². The van der Waals surface area contributed by atoms with Crippen LogP contribution in [0, 0.1) is 0 Å². The van der Waals surface area contributed by atoms with Crippen LogP contribution in [0.1, 0.15) is 5.56 Å². The van der Waals surface area contributed by atoms with E-state index in [4.69, 9.17) is 16.2 Å². The first-order chi connectivity index (χ1) is 7.66. The van der Waals surface area contributed by atoms with Gasteiger partial charge in [-0.2, -0.15) is 4.98 Å². The molecule has 0 bridgehead atoms. The first-order valence-electron chi connectivity index (χ1n) is 4.83. The zero-order valence-electron chi connectivity index (χ0n) is 8.33. The van der Waals surface area contributed by atoms with Crippen LogP contribution in [0.4, 0.5) is 11.8 Å². The average Bonchev–Trinajstić information content (AvgIpc) is 2.65. The third-order valence-corrected chi connectivity index (χ3v) is 3.34. The number of nitrogens with zero attached hydrogens (tertiary/aromatic N) is 2. The van der Waals surface area contributed by atoms with Crippen molar-refractivity contribution >= 4 is 38.6 Å². The van der Waals surface area contributed by atoms with Crippen molar-refractivity contribution in [3.05, 3.63) is 16.1 Å². The molecule has 1 aliphatic rings. The summed E-state index contributed by atoms with van der Waals surface area (Å²) in [5, 5.41) is 0.755. The number of nitrogen functional groups attached to an aromatic ring is 2. The molecule has 0 unspecified atom stereocenters. The SMILES string of the molecule is Nc1nc(N)c2c3c(c(Br)cc2n1)CCO3. The highest BCUT2D eigenvalue weighted by atomic mass is 79.9. The van der Waals surface area contributed by atoms with Crippen LogP contribution in [0.5, 0.6) is 5.75 Å². The number of ether oxygens (including phenoxy) is 1. The number of nitrogens with two attached hydrogens (primary N) is 2. The minimum atomic E-state index is 0.176. The number of aromatic nitrogens is 2. The van der Waals surface area contributed by atoms with Crippen LogP contribution in [0.2, 0.25) is 0 Å². The molecular weight excluding hydrogens is 272 g/mol. The molecule has 16 heavy (non-hydrogen) atoms. The van der Waals surface area contributed by atoms with Crippen molar-refractivity contribution in [1.82, 2.24) is 9.97 Å². The minimum Gasteiger partial charge on any atom is -0.492 e. The Labute approximate surface area is 99.9 Å². The molecule has 5 nitrogen and oxygen atoms in total. The summed E-state index contributed by atoms with van der Waals surface area (Å²) in [6, 6.07) is 1.90. The van der Waals surface area contributed by atoms with E-state index in [0.717, 1.165) is 27.6 Å². The molecule has 6 heteroatoms. The third-order valence-electron chi connectivity index (χ3n) is 2.63. The summed E-state index contributed by atoms with van der Waals surface area (Å²) in [6.45, 7) is 0.664. The van der Waals surface area contributed by atoms with Gasteiger partial charge in [0, 0.05) is 16.5 Å². The Morgan fingerprint density at radius 3 is 2.94 bits per heavy atom. The molecule has 1 aromatic heterocycles. The number of halogens is 1. The summed E-state index contributed by atoms with van der Waals surface area (Å²) < 4.78 is 6.56. The fourth-order valence-corrected chi connectivity index (χ4v) is 2.56. The molecule has 0 aliphatic carbocycles. The van der Waals surface area contributed by atoms with Crippen molar-refractivity contribution in [3.63, 3.8) is 0 Å². The summed E-state index contributed by atoms with van der Waals surface area (Å²) in [7, 11) is 0. The van der Waals surface area contributed by atoms with Crippen molar-refractivity contribution in [2.24, 2.45) is 0 Å². The lowest BCUT2D eigenvalue weighted by molar-refractivity contribution is 0.360. The predicted molar refractivity (Wildman–Crippen MR) is 65.3 cm³/mol. The Morgan fingerprint density at radius 1 is 1.31 bits per heavy atom. The van der Waals surface area contributed by atoms with Crippen LogP contribution in [0.15, 0.2) is 10.5 Å². The maximum atomic E-state index is 5.85. The second-order valence-corrected chi connectivity index (χ2v) is 4.48. The Balaban J connectivity index is 2.48. The Hall–Kier alpha value is -1.56. The number of hydrogen-bond donors (Lipinski definition) is 2. The van der Waals surface area contributed by atoms with Gasteiger partial charge >= 0.3 is 0 Å². The van der Waals surface area contributed by atoms with E-state index in [1.54, 1.807) is 0 Å². The number of rotatable bonds is 0. The predicted octanol–water partition coefficient (Wildman–Crippen LogP) is 1.49. The summed E-state index contributed by atoms with van der Waals surface area (Å²) >= 11 is 3.50. The van der Waals surface area contributed by atoms with Gasteiger partial charge in [0.1, 0.15) is 11.6 Å². The molecule has 82 valence electrons. The van der Waals surface area contributed by atoms with E-state index in [9.17, 15) is 0 Å². The first-order valence-corrected chi connectivity index (χ1v) is 5.63. The fourth-order valence-electron chi connectivity index (χ4n) is 1.97. The van der Waals surface area contributed by atoms with Crippen LogP contribution in [-0.2, 0) is 6.42 Å². The van der Waals surface area contributed by atoms with Gasteiger partial charge in [0.05, 0.1) is 17.5 Å². The summed E-state index contributed by atoms with van der Waals surface area (Å²) in [5.41, 5.74) is 13.2. The van der Waals surface area contributed by atoms with E-state index in [-0.39, 0.29) is 5.95 Å². The van der Waals surface area contributed by atoms with Gasteiger partial charge in [0.15, 0.2) is 0 Å². The molecule has 0 spiro atoms. The van der Waals surface area contributed by atoms with Crippen LogP contribution in [0.3, 0.4) is 0 Å². The van der Waals surface area contributed by atoms with Crippen molar-refractivity contribution in [3.8, 4) is 5.75 Å². The van der Waals surface area contributed by atoms with Crippen LogP contribution in [0.25, 0.3) is 10.9 Å². The highest BCUT2D eigenvalue weighted by Gasteiger charge is 2.21. The van der Waals surface area contributed by atoms with Crippen LogP contribution < -0.4 is 16.2 Å². The second kappa shape index (κ2) is 3.21. The molecule has 0 atom stereocenters. The standard InChI is InChI=1S/C10H9BrN4O/c11-5-3-6-7(8-4(5)1-2-16-8)9(12)15-10(13)14-6/h3H,1-2H2,(H4,12,13,14,15). The number of fused-ring (bicyclic) bond motifs is 3. The lowest BCUT2D eigenvalue weighted by atomic mass is 10.1. The lowest BCUT2D eigenvalue weighted by Gasteiger charge is -2.08. The van der Waals surface area contributed by atoms with E-state index in [2.05, 4.69) is 25.9 Å². The monoisotopic (exact) mass is 280 g/mol. The molecule has 1 aliphatic heterocycles. The molecule has 2 aromatic rings. The maximum Gasteiger partial charge on any atom is 0.222 e. The van der Waals surface area contributed by atoms with Gasteiger partial charge in [-0.3, -0.25) is 0 Å². The maximum absolute atomic E-state index is 5.85. The summed E-state index contributed by atoms with van der Waals surface area (Å²) in [5.74, 6) is 1.32. The zero-order chi connectivity index (χ0) is 11.3. The van der Waals surface area contributed by atoms with Gasteiger partial charge in [-0.15, -0.1) is 0 Å². The van der Waals surface area contributed by atoms with Crippen molar-refractivity contribution in [1.29, 1.82) is 0 Å². The summed E-state index contributed by atoms with van der Waals surface area (Å²) in [6.07, 6.45) is 0.871. The highest BCUT2D eigenvalue weighted by Crippen LogP contribution is 2.40. The highest BCUT2D eigenvalue weighted by molar-refractivity contribution is 9.10. The second-order valence-electron chi connectivity index (χ2n) is 3.63. The number of hydrogen-bond acceptors (Lipinski definition) is 5. The van der Waals surface area contributed by atoms with Crippen LogP contribution in [-0.4, -0.2) is 16.6 Å². The van der Waals surface area contributed by atoms with E-state index in [1.165, 1.54) is 0 Å².